The summed E-state index contributed by atoms with van der Waals surface area (Å²) >= 11 is 0. The molecule has 0 radical (unpaired) electrons. The number of anilines is 2. The van der Waals surface area contributed by atoms with Gasteiger partial charge in [-0.25, -0.2) is 4.39 Å². The van der Waals surface area contributed by atoms with Gasteiger partial charge in [0.05, 0.1) is 5.69 Å². The smallest absolute Gasteiger partial charge is 0.225 e. The molecule has 114 valence electrons. The summed E-state index contributed by atoms with van der Waals surface area (Å²) in [6.07, 6.45) is 0.765. The van der Waals surface area contributed by atoms with E-state index in [1.807, 2.05) is 0 Å². The van der Waals surface area contributed by atoms with Gasteiger partial charge in [-0.2, -0.15) is 0 Å². The molecular formula is C14H19FN4O2. The number of nitrogens with two attached hydrogens (primary N) is 1. The number of nitrogen functional groups attached to an aromatic ring is 1. The van der Waals surface area contributed by atoms with Crippen LogP contribution in [0.25, 0.3) is 0 Å². The van der Waals surface area contributed by atoms with Gasteiger partial charge in [-0.3, -0.25) is 9.59 Å². The predicted molar refractivity (Wildman–Crippen MR) is 78.1 cm³/mol. The Labute approximate surface area is 122 Å². The van der Waals surface area contributed by atoms with Crippen molar-refractivity contribution in [1.29, 1.82) is 0 Å². The number of rotatable bonds is 4. The van der Waals surface area contributed by atoms with Crippen LogP contribution in [0.1, 0.15) is 12.8 Å². The van der Waals surface area contributed by atoms with E-state index >= 15 is 0 Å². The lowest BCUT2D eigenvalue weighted by molar-refractivity contribution is -0.120. The molecule has 0 unspecified atom stereocenters. The average molecular weight is 294 g/mol. The zero-order chi connectivity index (χ0) is 15.2. The summed E-state index contributed by atoms with van der Waals surface area (Å²) in [6, 6.07) is 4.08. The zero-order valence-corrected chi connectivity index (χ0v) is 11.7. The van der Waals surface area contributed by atoms with E-state index in [4.69, 9.17) is 5.73 Å². The van der Waals surface area contributed by atoms with Crippen LogP contribution < -0.4 is 16.4 Å². The van der Waals surface area contributed by atoms with Crippen LogP contribution in [-0.4, -0.2) is 42.9 Å². The number of carbonyl (C=O) groups is 2. The molecule has 1 saturated heterocycles. The van der Waals surface area contributed by atoms with Crippen LogP contribution in [0.4, 0.5) is 15.8 Å². The first-order chi connectivity index (χ1) is 10.0. The monoisotopic (exact) mass is 294 g/mol. The van der Waals surface area contributed by atoms with E-state index in [1.165, 1.54) is 18.2 Å². The Morgan fingerprint density at radius 2 is 2.24 bits per heavy atom. The molecule has 21 heavy (non-hydrogen) atoms. The predicted octanol–water partition coefficient (Wildman–Crippen LogP) is 0.558. The minimum Gasteiger partial charge on any atom is -0.396 e. The first-order valence-electron chi connectivity index (χ1n) is 6.88. The van der Waals surface area contributed by atoms with Gasteiger partial charge in [0, 0.05) is 44.7 Å². The summed E-state index contributed by atoms with van der Waals surface area (Å²) in [5.41, 5.74) is 5.93. The second kappa shape index (κ2) is 7.03. The van der Waals surface area contributed by atoms with Crippen LogP contribution in [0.15, 0.2) is 18.2 Å². The lowest BCUT2D eigenvalue weighted by atomic mass is 10.2. The van der Waals surface area contributed by atoms with Crippen molar-refractivity contribution >= 4 is 23.2 Å². The Bertz CT molecular complexity index is 536. The van der Waals surface area contributed by atoms with E-state index in [2.05, 4.69) is 15.5 Å². The summed E-state index contributed by atoms with van der Waals surface area (Å²) < 4.78 is 13.0. The third-order valence-electron chi connectivity index (χ3n) is 3.34. The van der Waals surface area contributed by atoms with E-state index in [9.17, 15) is 14.0 Å². The fourth-order valence-corrected chi connectivity index (χ4v) is 2.14. The number of hydrogen-bond donors (Lipinski definition) is 3. The normalized spacial score (nSPS) is 16.1. The molecule has 1 heterocycles. The molecule has 0 bridgehead atoms. The second-order valence-electron chi connectivity index (χ2n) is 4.98. The van der Waals surface area contributed by atoms with E-state index in [-0.39, 0.29) is 17.5 Å². The van der Waals surface area contributed by atoms with Crippen LogP contribution in [0.5, 0.6) is 0 Å². The van der Waals surface area contributed by atoms with Crippen LogP contribution in [-0.2, 0) is 9.59 Å². The van der Waals surface area contributed by atoms with E-state index in [1.54, 1.807) is 0 Å². The maximum Gasteiger partial charge on any atom is 0.225 e. The number of nitrogens with one attached hydrogen (secondary N) is 2. The number of hydrogen-bond acceptors (Lipinski definition) is 4. The Morgan fingerprint density at radius 1 is 1.43 bits per heavy atom. The van der Waals surface area contributed by atoms with Gasteiger partial charge < -0.3 is 21.3 Å². The highest BCUT2D eigenvalue weighted by molar-refractivity contribution is 5.91. The fourth-order valence-electron chi connectivity index (χ4n) is 2.14. The first-order valence-corrected chi connectivity index (χ1v) is 6.88. The highest BCUT2D eigenvalue weighted by Gasteiger charge is 2.14. The van der Waals surface area contributed by atoms with Crippen LogP contribution >= 0.6 is 0 Å². The maximum atomic E-state index is 13.0. The Morgan fingerprint density at radius 3 is 3.00 bits per heavy atom. The quantitative estimate of drug-likeness (QED) is 0.708. The van der Waals surface area contributed by atoms with Crippen molar-refractivity contribution < 1.29 is 14.0 Å². The molecule has 1 aromatic rings. The number of amides is 2. The standard InChI is InChI=1S/C14H19FN4O2/c15-11-2-1-10(9-12(11)16)18-14(21)4-7-19-6-3-13(20)17-5-8-19/h1-2,9H,3-8,16H2,(H,17,20)(H,18,21). The average Bonchev–Trinajstić information content (AvgIpc) is 2.65. The maximum absolute atomic E-state index is 13.0. The molecule has 0 atom stereocenters. The summed E-state index contributed by atoms with van der Waals surface area (Å²) in [6.45, 7) is 2.58. The largest absolute Gasteiger partial charge is 0.396 e. The summed E-state index contributed by atoms with van der Waals surface area (Å²) in [5, 5.41) is 5.46. The van der Waals surface area contributed by atoms with E-state index in [0.717, 1.165) is 6.54 Å². The molecule has 6 nitrogen and oxygen atoms in total. The van der Waals surface area contributed by atoms with Crippen molar-refractivity contribution in [3.63, 3.8) is 0 Å². The highest BCUT2D eigenvalue weighted by atomic mass is 19.1. The number of halogens is 1. The minimum absolute atomic E-state index is 0.00454. The van der Waals surface area contributed by atoms with Crippen molar-refractivity contribution in [2.75, 3.05) is 37.2 Å². The van der Waals surface area contributed by atoms with Crippen molar-refractivity contribution in [3.05, 3.63) is 24.0 Å². The summed E-state index contributed by atoms with van der Waals surface area (Å²) in [4.78, 5) is 25.1. The van der Waals surface area contributed by atoms with Gasteiger partial charge in [-0.15, -0.1) is 0 Å². The third-order valence-corrected chi connectivity index (χ3v) is 3.34. The van der Waals surface area contributed by atoms with Gasteiger partial charge in [0.1, 0.15) is 5.82 Å². The van der Waals surface area contributed by atoms with Gasteiger partial charge in [0.15, 0.2) is 0 Å². The van der Waals surface area contributed by atoms with Gasteiger partial charge in [0.25, 0.3) is 0 Å². The molecule has 4 N–H and O–H groups in total. The van der Waals surface area contributed by atoms with Gasteiger partial charge >= 0.3 is 0 Å². The van der Waals surface area contributed by atoms with Crippen molar-refractivity contribution in [2.24, 2.45) is 0 Å². The van der Waals surface area contributed by atoms with Crippen LogP contribution in [0.3, 0.4) is 0 Å². The van der Waals surface area contributed by atoms with Crippen molar-refractivity contribution in [3.8, 4) is 0 Å². The van der Waals surface area contributed by atoms with Crippen molar-refractivity contribution in [2.45, 2.75) is 12.8 Å². The summed E-state index contributed by atoms with van der Waals surface area (Å²) in [5.74, 6) is -0.622. The number of carbonyl (C=O) groups excluding carboxylic acids is 2. The highest BCUT2D eigenvalue weighted by Crippen LogP contribution is 2.16. The molecular weight excluding hydrogens is 275 g/mol. The second-order valence-corrected chi connectivity index (χ2v) is 4.98. The molecule has 0 aromatic heterocycles. The Balaban J connectivity index is 1.79. The Hall–Kier alpha value is -2.15. The summed E-state index contributed by atoms with van der Waals surface area (Å²) in [7, 11) is 0. The number of nitrogens with zero attached hydrogens (tertiary/aromatic N) is 1. The van der Waals surface area contributed by atoms with E-state index in [0.29, 0.717) is 38.2 Å². The lowest BCUT2D eigenvalue weighted by Gasteiger charge is -2.18. The van der Waals surface area contributed by atoms with Gasteiger partial charge in [0.2, 0.25) is 11.8 Å². The molecule has 0 saturated carbocycles. The molecule has 1 aromatic carbocycles. The third kappa shape index (κ3) is 4.71. The molecule has 2 amide bonds. The zero-order valence-electron chi connectivity index (χ0n) is 11.7. The van der Waals surface area contributed by atoms with E-state index < -0.39 is 5.82 Å². The SMILES string of the molecule is Nc1cc(NC(=O)CCN2CCNC(=O)CC2)ccc1F. The molecule has 1 aliphatic heterocycles. The van der Waals surface area contributed by atoms with Gasteiger partial charge in [-0.1, -0.05) is 0 Å². The molecule has 0 spiro atoms. The first kappa shape index (κ1) is 15.2. The minimum atomic E-state index is -0.505. The molecule has 0 aliphatic carbocycles. The fraction of sp³-hybridized carbons (Fsp3) is 0.429. The van der Waals surface area contributed by atoms with Crippen molar-refractivity contribution in [1.82, 2.24) is 10.2 Å². The Kier molecular flexibility index (Phi) is 5.10. The molecule has 1 fully saturated rings. The lowest BCUT2D eigenvalue weighted by Crippen LogP contribution is -2.31. The van der Waals surface area contributed by atoms with Gasteiger partial charge in [-0.05, 0) is 18.2 Å². The van der Waals surface area contributed by atoms with Crippen LogP contribution in [0.2, 0.25) is 0 Å². The number of benzene rings is 1. The topological polar surface area (TPSA) is 87.5 Å². The molecule has 7 heteroatoms. The van der Waals surface area contributed by atoms with Crippen LogP contribution in [0, 0.1) is 5.82 Å². The molecule has 1 aliphatic rings. The molecule has 2 rings (SSSR count).